The number of methoxy groups -OCH3 is 1. The normalized spacial score (nSPS) is 28.9. The molecule has 7 heteroatoms. The fourth-order valence-corrected chi connectivity index (χ4v) is 5.91. The largest absolute Gasteiger partial charge is 0.497 e. The Morgan fingerprint density at radius 1 is 1.04 bits per heavy atom. The molecule has 3 aliphatic rings. The number of halogens is 1. The molecule has 0 radical (unpaired) electrons. The van der Waals surface area contributed by atoms with Gasteiger partial charge in [0, 0.05) is 32.7 Å². The lowest BCUT2D eigenvalue weighted by molar-refractivity contribution is 0.156. The van der Waals surface area contributed by atoms with Crippen LogP contribution in [-0.4, -0.2) is 57.5 Å². The Kier molecular flexibility index (Phi) is 5.97. The van der Waals surface area contributed by atoms with Crippen LogP contribution in [0.5, 0.6) is 5.75 Å². The summed E-state index contributed by atoms with van der Waals surface area (Å²) in [5.41, 5.74) is 0. The van der Waals surface area contributed by atoms with Gasteiger partial charge in [0.05, 0.1) is 12.0 Å². The predicted molar refractivity (Wildman–Crippen MR) is 104 cm³/mol. The highest BCUT2D eigenvalue weighted by atomic mass is 35.5. The predicted octanol–water partition coefficient (Wildman–Crippen LogP) is 2.64. The van der Waals surface area contributed by atoms with E-state index in [-0.39, 0.29) is 12.4 Å². The lowest BCUT2D eigenvalue weighted by Crippen LogP contribution is -2.49. The van der Waals surface area contributed by atoms with E-state index in [1.165, 1.54) is 12.8 Å². The van der Waals surface area contributed by atoms with Crippen LogP contribution in [0.4, 0.5) is 0 Å². The first-order chi connectivity index (χ1) is 12.1. The van der Waals surface area contributed by atoms with Crippen molar-refractivity contribution < 1.29 is 13.2 Å². The van der Waals surface area contributed by atoms with E-state index in [0.717, 1.165) is 37.4 Å². The molecule has 144 valence electrons. The second-order valence-electron chi connectivity index (χ2n) is 7.42. The molecule has 1 saturated carbocycles. The summed E-state index contributed by atoms with van der Waals surface area (Å²) in [5, 5.41) is 0. The van der Waals surface area contributed by atoms with Gasteiger partial charge in [-0.05, 0) is 54.9 Å². The molecule has 0 N–H and O–H groups in total. The van der Waals surface area contributed by atoms with Crippen LogP contribution in [0, 0.1) is 17.8 Å². The van der Waals surface area contributed by atoms with Crippen LogP contribution in [0.25, 0.3) is 0 Å². The number of allylic oxidation sites excluding steroid dienone is 2. The van der Waals surface area contributed by atoms with Crippen LogP contribution in [0.1, 0.15) is 12.8 Å². The van der Waals surface area contributed by atoms with E-state index in [1.807, 2.05) is 0 Å². The third-order valence-corrected chi connectivity index (χ3v) is 7.85. The molecular weight excluding hydrogens is 372 g/mol. The summed E-state index contributed by atoms with van der Waals surface area (Å²) in [6.07, 6.45) is 7.41. The van der Waals surface area contributed by atoms with Gasteiger partial charge in [0.2, 0.25) is 10.0 Å². The van der Waals surface area contributed by atoms with Gasteiger partial charge in [-0.15, -0.1) is 12.4 Å². The maximum atomic E-state index is 12.8. The van der Waals surface area contributed by atoms with Gasteiger partial charge in [-0.1, -0.05) is 12.2 Å². The number of benzene rings is 1. The average molecular weight is 399 g/mol. The van der Waals surface area contributed by atoms with Gasteiger partial charge in [0.1, 0.15) is 5.75 Å². The Hall–Kier alpha value is -1.08. The molecule has 3 atom stereocenters. The SMILES string of the molecule is COc1ccc(S(=O)(=O)N2CCN(CC3CC4C=CC3C4)CC2)cc1.Cl. The Morgan fingerprint density at radius 3 is 2.27 bits per heavy atom. The van der Waals surface area contributed by atoms with E-state index in [4.69, 9.17) is 4.74 Å². The molecular formula is C19H27ClN2O3S. The van der Waals surface area contributed by atoms with Gasteiger partial charge < -0.3 is 9.64 Å². The monoisotopic (exact) mass is 398 g/mol. The fraction of sp³-hybridized carbons (Fsp3) is 0.579. The van der Waals surface area contributed by atoms with E-state index < -0.39 is 10.0 Å². The van der Waals surface area contributed by atoms with Gasteiger partial charge >= 0.3 is 0 Å². The van der Waals surface area contributed by atoms with Crippen LogP contribution in [0.2, 0.25) is 0 Å². The van der Waals surface area contributed by atoms with Gasteiger partial charge in [-0.25, -0.2) is 8.42 Å². The average Bonchev–Trinajstić information content (AvgIpc) is 3.25. The minimum Gasteiger partial charge on any atom is -0.497 e. The smallest absolute Gasteiger partial charge is 0.243 e. The van der Waals surface area contributed by atoms with Crippen LogP contribution in [0.3, 0.4) is 0 Å². The third-order valence-electron chi connectivity index (χ3n) is 5.94. The van der Waals surface area contributed by atoms with Crippen molar-refractivity contribution in [2.45, 2.75) is 17.7 Å². The molecule has 1 aliphatic heterocycles. The summed E-state index contributed by atoms with van der Waals surface area (Å²) in [7, 11) is -1.83. The molecule has 0 spiro atoms. The number of hydrogen-bond acceptors (Lipinski definition) is 4. The van der Waals surface area contributed by atoms with Crippen molar-refractivity contribution >= 4 is 22.4 Å². The standard InChI is InChI=1S/C19H26N2O3S.ClH/c1-24-18-4-6-19(7-5-18)25(22,23)21-10-8-20(9-11-21)14-17-13-15-2-3-16(17)12-15;/h2-7,15-17H,8-14H2,1H3;1H. The zero-order valence-electron chi connectivity index (χ0n) is 15.1. The topological polar surface area (TPSA) is 49.9 Å². The van der Waals surface area contributed by atoms with Crippen molar-refractivity contribution in [2.75, 3.05) is 39.8 Å². The molecule has 1 saturated heterocycles. The molecule has 0 aromatic heterocycles. The number of nitrogens with zero attached hydrogens (tertiary/aromatic N) is 2. The lowest BCUT2D eigenvalue weighted by Gasteiger charge is -2.36. The Labute approximate surface area is 162 Å². The Balaban J connectivity index is 0.00000196. The summed E-state index contributed by atoms with van der Waals surface area (Å²) < 4.78 is 32.3. The highest BCUT2D eigenvalue weighted by molar-refractivity contribution is 7.89. The highest BCUT2D eigenvalue weighted by Gasteiger charge is 2.37. The van der Waals surface area contributed by atoms with Crippen LogP contribution in [0.15, 0.2) is 41.3 Å². The summed E-state index contributed by atoms with van der Waals surface area (Å²) in [6, 6.07) is 6.65. The van der Waals surface area contributed by atoms with Crippen LogP contribution >= 0.6 is 12.4 Å². The summed E-state index contributed by atoms with van der Waals surface area (Å²) >= 11 is 0. The second-order valence-corrected chi connectivity index (χ2v) is 9.36. The second kappa shape index (κ2) is 7.89. The maximum Gasteiger partial charge on any atom is 0.243 e. The molecule has 3 unspecified atom stereocenters. The molecule has 1 aromatic carbocycles. The van der Waals surface area contributed by atoms with Gasteiger partial charge in [0.25, 0.3) is 0 Å². The van der Waals surface area contributed by atoms with Gasteiger partial charge in [-0.2, -0.15) is 4.31 Å². The van der Waals surface area contributed by atoms with Crippen LogP contribution in [-0.2, 0) is 10.0 Å². The van der Waals surface area contributed by atoms with E-state index in [0.29, 0.717) is 23.7 Å². The molecule has 5 nitrogen and oxygen atoms in total. The molecule has 2 fully saturated rings. The zero-order valence-corrected chi connectivity index (χ0v) is 16.7. The fourth-order valence-electron chi connectivity index (χ4n) is 4.49. The van der Waals surface area contributed by atoms with E-state index in [9.17, 15) is 8.42 Å². The minimum atomic E-state index is -3.41. The molecule has 2 aliphatic carbocycles. The van der Waals surface area contributed by atoms with Crippen molar-refractivity contribution in [1.29, 1.82) is 0 Å². The summed E-state index contributed by atoms with van der Waals surface area (Å²) in [5.74, 6) is 2.99. The van der Waals surface area contributed by atoms with Crippen LogP contribution < -0.4 is 4.74 Å². The number of hydrogen-bond donors (Lipinski definition) is 0. The number of ether oxygens (including phenoxy) is 1. The van der Waals surface area contributed by atoms with Crippen molar-refractivity contribution in [3.8, 4) is 5.75 Å². The number of sulfonamides is 1. The van der Waals surface area contributed by atoms with Gasteiger partial charge in [-0.3, -0.25) is 0 Å². The first-order valence-electron chi connectivity index (χ1n) is 9.11. The van der Waals surface area contributed by atoms with Crippen molar-refractivity contribution in [3.63, 3.8) is 0 Å². The Bertz CT molecular complexity index is 743. The maximum absolute atomic E-state index is 12.8. The summed E-state index contributed by atoms with van der Waals surface area (Å²) in [4.78, 5) is 2.79. The number of piperazine rings is 1. The first-order valence-corrected chi connectivity index (χ1v) is 10.5. The third kappa shape index (κ3) is 3.79. The lowest BCUT2D eigenvalue weighted by atomic mass is 9.93. The first kappa shape index (κ1) is 19.7. The number of rotatable bonds is 5. The van der Waals surface area contributed by atoms with Crippen molar-refractivity contribution in [1.82, 2.24) is 9.21 Å². The molecule has 4 rings (SSSR count). The highest BCUT2D eigenvalue weighted by Crippen LogP contribution is 2.43. The molecule has 2 bridgehead atoms. The zero-order chi connectivity index (χ0) is 17.4. The van der Waals surface area contributed by atoms with Gasteiger partial charge in [0.15, 0.2) is 0 Å². The molecule has 1 heterocycles. The Morgan fingerprint density at radius 2 is 1.73 bits per heavy atom. The minimum absolute atomic E-state index is 0. The van der Waals surface area contributed by atoms with Crippen molar-refractivity contribution in [2.24, 2.45) is 17.8 Å². The van der Waals surface area contributed by atoms with E-state index >= 15 is 0 Å². The molecule has 0 amide bonds. The van der Waals surface area contributed by atoms with E-state index in [1.54, 1.807) is 35.7 Å². The quantitative estimate of drug-likeness (QED) is 0.715. The molecule has 1 aromatic rings. The number of fused-ring (bicyclic) bond motifs is 2. The van der Waals surface area contributed by atoms with E-state index in [2.05, 4.69) is 17.1 Å². The molecule has 26 heavy (non-hydrogen) atoms. The van der Waals surface area contributed by atoms with Crippen molar-refractivity contribution in [3.05, 3.63) is 36.4 Å². The summed E-state index contributed by atoms with van der Waals surface area (Å²) in [6.45, 7) is 3.91.